The molecule has 0 saturated carbocycles. The first-order chi connectivity index (χ1) is 16.6. The zero-order valence-corrected chi connectivity index (χ0v) is 19.2. The zero-order chi connectivity index (χ0) is 23.9. The van der Waals surface area contributed by atoms with E-state index in [-0.39, 0.29) is 6.10 Å². The fraction of sp³-hybridized carbons (Fsp3) is 0.370. The highest BCUT2D eigenvalue weighted by Gasteiger charge is 2.24. The Morgan fingerprint density at radius 3 is 2.68 bits per heavy atom. The second-order valence-electron chi connectivity index (χ2n) is 8.29. The lowest BCUT2D eigenvalue weighted by Gasteiger charge is -2.23. The van der Waals surface area contributed by atoms with Crippen molar-refractivity contribution in [1.82, 2.24) is 9.55 Å². The van der Waals surface area contributed by atoms with Crippen molar-refractivity contribution >= 4 is 0 Å². The predicted octanol–water partition coefficient (Wildman–Crippen LogP) is 3.44. The van der Waals surface area contributed by atoms with E-state index in [4.69, 9.17) is 20.6 Å². The maximum Gasteiger partial charge on any atom is 0.138 e. The third-order valence-corrected chi connectivity index (χ3v) is 5.87. The maximum absolute atomic E-state index is 11.0. The largest absolute Gasteiger partial charge is 0.385 e. The molecule has 1 fully saturated rings. The Labute approximate surface area is 199 Å². The molecule has 0 amide bonds. The average Bonchev–Trinajstić information content (AvgIpc) is 3.36. The molecule has 2 N–H and O–H groups in total. The van der Waals surface area contributed by atoms with E-state index < -0.39 is 18.2 Å². The Kier molecular flexibility index (Phi) is 8.12. The second-order valence-corrected chi connectivity index (χ2v) is 8.29. The molecule has 2 heterocycles. The van der Waals surface area contributed by atoms with Crippen LogP contribution in [0.4, 0.5) is 0 Å². The number of aliphatic hydroxyl groups is 2. The first-order valence-electron chi connectivity index (χ1n) is 11.4. The van der Waals surface area contributed by atoms with Gasteiger partial charge in [0.15, 0.2) is 0 Å². The first-order valence-corrected chi connectivity index (χ1v) is 11.4. The Morgan fingerprint density at radius 1 is 1.18 bits per heavy atom. The smallest absolute Gasteiger partial charge is 0.138 e. The molecule has 0 bridgehead atoms. The summed E-state index contributed by atoms with van der Waals surface area (Å²) >= 11 is 0. The van der Waals surface area contributed by atoms with Crippen LogP contribution in [0.1, 0.15) is 42.1 Å². The number of ether oxygens (including phenoxy) is 3. The van der Waals surface area contributed by atoms with Crippen LogP contribution in [0.25, 0.3) is 11.1 Å². The molecule has 4 rings (SSSR count). The van der Waals surface area contributed by atoms with Gasteiger partial charge in [0.1, 0.15) is 30.2 Å². The fourth-order valence-corrected chi connectivity index (χ4v) is 4.11. The molecule has 4 atom stereocenters. The van der Waals surface area contributed by atoms with Gasteiger partial charge >= 0.3 is 0 Å². The lowest BCUT2D eigenvalue weighted by molar-refractivity contribution is -0.117. The minimum atomic E-state index is -0.956. The highest BCUT2D eigenvalue weighted by molar-refractivity contribution is 5.67. The van der Waals surface area contributed by atoms with Crippen LogP contribution in [-0.2, 0) is 20.8 Å². The van der Waals surface area contributed by atoms with Gasteiger partial charge in [-0.15, -0.1) is 6.42 Å². The van der Waals surface area contributed by atoms with Gasteiger partial charge in [0, 0.05) is 12.4 Å². The highest BCUT2D eigenvalue weighted by Crippen LogP contribution is 2.31. The number of terminal acetylenes is 1. The molecule has 178 valence electrons. The van der Waals surface area contributed by atoms with Crippen molar-refractivity contribution in [1.29, 1.82) is 0 Å². The monoisotopic (exact) mass is 462 g/mol. The van der Waals surface area contributed by atoms with E-state index in [1.54, 1.807) is 23.9 Å². The van der Waals surface area contributed by atoms with Crippen LogP contribution in [0, 0.1) is 12.3 Å². The van der Waals surface area contributed by atoms with Gasteiger partial charge in [-0.25, -0.2) is 4.98 Å². The summed E-state index contributed by atoms with van der Waals surface area (Å²) in [7, 11) is 0. The summed E-state index contributed by atoms with van der Waals surface area (Å²) < 4.78 is 18.6. The lowest BCUT2D eigenvalue weighted by Crippen LogP contribution is -2.32. The molecular weight excluding hydrogens is 432 g/mol. The minimum absolute atomic E-state index is 0.0318. The van der Waals surface area contributed by atoms with E-state index in [9.17, 15) is 10.2 Å². The molecule has 34 heavy (non-hydrogen) atoms. The highest BCUT2D eigenvalue weighted by atomic mass is 16.6. The molecule has 0 radical (unpaired) electrons. The van der Waals surface area contributed by atoms with Gasteiger partial charge in [0.2, 0.25) is 0 Å². The maximum atomic E-state index is 11.0. The summed E-state index contributed by atoms with van der Waals surface area (Å²) in [6.45, 7) is 4.35. The number of hydrogen-bond acceptors (Lipinski definition) is 6. The summed E-state index contributed by atoms with van der Waals surface area (Å²) in [4.78, 5) is 4.16. The number of benzene rings is 2. The lowest BCUT2D eigenvalue weighted by atomic mass is 9.96. The average molecular weight is 463 g/mol. The summed E-state index contributed by atoms with van der Waals surface area (Å²) in [5.41, 5.74) is 3.81. The molecule has 0 aliphatic carbocycles. The van der Waals surface area contributed by atoms with E-state index in [1.807, 2.05) is 42.5 Å². The van der Waals surface area contributed by atoms with Gasteiger partial charge < -0.3 is 29.0 Å². The molecule has 1 aromatic heterocycles. The van der Waals surface area contributed by atoms with Gasteiger partial charge in [-0.2, -0.15) is 0 Å². The molecule has 0 spiro atoms. The molecule has 1 aliphatic rings. The number of nitrogens with zero attached hydrogens (tertiary/aromatic N) is 2. The minimum Gasteiger partial charge on any atom is -0.385 e. The van der Waals surface area contributed by atoms with Gasteiger partial charge in [-0.3, -0.25) is 0 Å². The second kappa shape index (κ2) is 11.4. The number of hydrogen-bond donors (Lipinski definition) is 2. The van der Waals surface area contributed by atoms with Gasteiger partial charge in [-0.05, 0) is 29.2 Å². The molecule has 4 unspecified atom stereocenters. The predicted molar refractivity (Wildman–Crippen MR) is 128 cm³/mol. The number of rotatable bonds is 9. The summed E-state index contributed by atoms with van der Waals surface area (Å²) in [5, 5.41) is 21.0. The topological polar surface area (TPSA) is 86.0 Å². The van der Waals surface area contributed by atoms with Crippen LogP contribution in [0.5, 0.6) is 0 Å². The Morgan fingerprint density at radius 2 is 1.97 bits per heavy atom. The van der Waals surface area contributed by atoms with Crippen molar-refractivity contribution in [2.45, 2.75) is 37.9 Å². The van der Waals surface area contributed by atoms with Gasteiger partial charge in [0.25, 0.3) is 0 Å². The molecule has 7 nitrogen and oxygen atoms in total. The summed E-state index contributed by atoms with van der Waals surface area (Å²) in [6, 6.07) is 15.1. The molecule has 1 saturated heterocycles. The standard InChI is InChI=1S/C27H30N2O5/c1-3-25(29-13-12-28-27(29)19(2)30)26(31)21-10-8-20(9-11-21)24-7-5-4-6-22(24)16-33-18-23-17-32-14-15-34-23/h1,4-13,19,23,25-26,30-31H,14-18H2,2H3. The van der Waals surface area contributed by atoms with Crippen molar-refractivity contribution in [3.05, 3.63) is 77.9 Å². The normalized spacial score (nSPS) is 18.7. The van der Waals surface area contributed by atoms with E-state index in [0.717, 1.165) is 16.7 Å². The van der Waals surface area contributed by atoms with Crippen LogP contribution < -0.4 is 0 Å². The van der Waals surface area contributed by atoms with Crippen LogP contribution in [0.3, 0.4) is 0 Å². The van der Waals surface area contributed by atoms with Crippen molar-refractivity contribution < 1.29 is 24.4 Å². The number of imidazole rings is 1. The van der Waals surface area contributed by atoms with Gasteiger partial charge in [0.05, 0.1) is 33.0 Å². The van der Waals surface area contributed by atoms with E-state index in [2.05, 4.69) is 17.0 Å². The van der Waals surface area contributed by atoms with Crippen LogP contribution in [0.2, 0.25) is 0 Å². The van der Waals surface area contributed by atoms with E-state index in [0.29, 0.717) is 44.4 Å². The quantitative estimate of drug-likeness (QED) is 0.474. The molecule has 7 heteroatoms. The van der Waals surface area contributed by atoms with Crippen molar-refractivity contribution in [2.75, 3.05) is 26.4 Å². The van der Waals surface area contributed by atoms with Gasteiger partial charge in [-0.1, -0.05) is 54.5 Å². The molecular formula is C27H30N2O5. The van der Waals surface area contributed by atoms with E-state index >= 15 is 0 Å². The molecule has 1 aliphatic heterocycles. The third-order valence-electron chi connectivity index (χ3n) is 5.87. The molecule has 2 aromatic carbocycles. The van der Waals surface area contributed by atoms with Crippen LogP contribution in [-0.4, -0.2) is 52.3 Å². The van der Waals surface area contributed by atoms with E-state index in [1.165, 1.54) is 0 Å². The molecule has 3 aromatic rings. The van der Waals surface area contributed by atoms with Crippen molar-refractivity contribution in [3.63, 3.8) is 0 Å². The number of aliphatic hydroxyl groups excluding tert-OH is 2. The Bertz CT molecular complexity index is 1100. The SMILES string of the molecule is C#CC(C(O)c1ccc(-c2ccccc2COCC2COCCO2)cc1)n1ccnc1C(C)O. The third kappa shape index (κ3) is 5.55. The summed E-state index contributed by atoms with van der Waals surface area (Å²) in [6.07, 6.45) is 7.19. The van der Waals surface area contributed by atoms with Crippen LogP contribution in [0.15, 0.2) is 60.9 Å². The van der Waals surface area contributed by atoms with Crippen molar-refractivity contribution in [2.24, 2.45) is 0 Å². The first kappa shape index (κ1) is 24.1. The Balaban J connectivity index is 1.47. The summed E-state index contributed by atoms with van der Waals surface area (Å²) in [5.74, 6) is 3.04. The number of aromatic nitrogens is 2. The zero-order valence-electron chi connectivity index (χ0n) is 19.2. The fourth-order valence-electron chi connectivity index (χ4n) is 4.11. The van der Waals surface area contributed by atoms with Crippen LogP contribution >= 0.6 is 0 Å². The Hall–Kier alpha value is -2.99. The van der Waals surface area contributed by atoms with Crippen molar-refractivity contribution in [3.8, 4) is 23.5 Å².